The van der Waals surface area contributed by atoms with Crippen LogP contribution in [0.2, 0.25) is 5.02 Å². The molecule has 0 spiro atoms. The largest absolute Gasteiger partial charge is 0.405 e. The fraction of sp³-hybridized carbons (Fsp3) is 0.500. The number of benzene rings is 1. The van der Waals surface area contributed by atoms with Gasteiger partial charge < -0.3 is 4.90 Å². The lowest BCUT2D eigenvalue weighted by Gasteiger charge is -2.31. The second-order valence-corrected chi connectivity index (χ2v) is 5.24. The molecule has 6 heteroatoms. The summed E-state index contributed by atoms with van der Waals surface area (Å²) in [7, 11) is 0. The topological polar surface area (TPSA) is 3.24 Å². The van der Waals surface area contributed by atoms with Gasteiger partial charge >= 0.3 is 6.18 Å². The SMILES string of the molecule is CC(C)N(CC(F)(F)F)c1cc(Cl)ccc1CBr. The van der Waals surface area contributed by atoms with Crippen LogP contribution in [0, 0.1) is 0 Å². The molecule has 1 rings (SSSR count). The van der Waals surface area contributed by atoms with Crippen LogP contribution in [-0.4, -0.2) is 18.8 Å². The highest BCUT2D eigenvalue weighted by Gasteiger charge is 2.32. The van der Waals surface area contributed by atoms with Crippen molar-refractivity contribution in [1.82, 2.24) is 0 Å². The minimum atomic E-state index is -4.24. The van der Waals surface area contributed by atoms with Crippen LogP contribution in [0.15, 0.2) is 18.2 Å². The van der Waals surface area contributed by atoms with E-state index in [9.17, 15) is 13.2 Å². The lowest BCUT2D eigenvalue weighted by Crippen LogP contribution is -2.39. The lowest BCUT2D eigenvalue weighted by atomic mass is 10.1. The summed E-state index contributed by atoms with van der Waals surface area (Å²) in [5.74, 6) is 0. The fourth-order valence-corrected chi connectivity index (χ4v) is 2.30. The predicted octanol–water partition coefficient (Wildman–Crippen LogP) is 5.01. The number of rotatable bonds is 4. The van der Waals surface area contributed by atoms with Gasteiger partial charge in [0.2, 0.25) is 0 Å². The molecule has 0 amide bonds. The Morgan fingerprint density at radius 3 is 2.39 bits per heavy atom. The highest BCUT2D eigenvalue weighted by molar-refractivity contribution is 9.08. The summed E-state index contributed by atoms with van der Waals surface area (Å²) in [6.45, 7) is 2.47. The van der Waals surface area contributed by atoms with Gasteiger partial charge in [-0.1, -0.05) is 33.6 Å². The van der Waals surface area contributed by atoms with Gasteiger partial charge in [-0.25, -0.2) is 0 Å². The molecule has 0 bridgehead atoms. The van der Waals surface area contributed by atoms with E-state index in [1.165, 1.54) is 4.90 Å². The first-order valence-corrected chi connectivity index (χ1v) is 6.92. The molecule has 0 saturated carbocycles. The molecule has 0 fully saturated rings. The van der Waals surface area contributed by atoms with Gasteiger partial charge in [0, 0.05) is 22.1 Å². The van der Waals surface area contributed by atoms with Gasteiger partial charge in [-0.15, -0.1) is 0 Å². The molecule has 0 atom stereocenters. The molecule has 102 valence electrons. The van der Waals surface area contributed by atoms with Crippen LogP contribution >= 0.6 is 27.5 Å². The highest BCUT2D eigenvalue weighted by atomic mass is 79.9. The smallest absolute Gasteiger partial charge is 0.360 e. The second-order valence-electron chi connectivity index (χ2n) is 4.24. The van der Waals surface area contributed by atoms with E-state index in [-0.39, 0.29) is 6.04 Å². The van der Waals surface area contributed by atoms with Crippen molar-refractivity contribution in [2.45, 2.75) is 31.4 Å². The van der Waals surface area contributed by atoms with Crippen molar-refractivity contribution in [3.05, 3.63) is 28.8 Å². The molecule has 0 aliphatic rings. The molecule has 0 unspecified atom stereocenters. The van der Waals surface area contributed by atoms with Gasteiger partial charge in [0.25, 0.3) is 0 Å². The Morgan fingerprint density at radius 2 is 1.94 bits per heavy atom. The molecule has 18 heavy (non-hydrogen) atoms. The van der Waals surface area contributed by atoms with Crippen molar-refractivity contribution in [2.24, 2.45) is 0 Å². The van der Waals surface area contributed by atoms with Crippen molar-refractivity contribution in [3.63, 3.8) is 0 Å². The highest BCUT2D eigenvalue weighted by Crippen LogP contribution is 2.30. The normalized spacial score (nSPS) is 12.0. The summed E-state index contributed by atoms with van der Waals surface area (Å²) >= 11 is 9.15. The van der Waals surface area contributed by atoms with Gasteiger partial charge in [-0.2, -0.15) is 13.2 Å². The Kier molecular flexibility index (Phi) is 5.34. The van der Waals surface area contributed by atoms with Crippen molar-refractivity contribution < 1.29 is 13.2 Å². The van der Waals surface area contributed by atoms with E-state index in [0.717, 1.165) is 5.56 Å². The first-order valence-electron chi connectivity index (χ1n) is 5.42. The second kappa shape index (κ2) is 6.15. The molecule has 0 aromatic heterocycles. The zero-order valence-corrected chi connectivity index (χ0v) is 12.4. The lowest BCUT2D eigenvalue weighted by molar-refractivity contribution is -0.120. The number of anilines is 1. The standard InChI is InChI=1S/C12H14BrClF3N/c1-8(2)18(7-12(15,16)17)11-5-10(14)4-3-9(11)6-13/h3-5,8H,6-7H2,1-2H3. The Morgan fingerprint density at radius 1 is 1.33 bits per heavy atom. The van der Waals surface area contributed by atoms with E-state index >= 15 is 0 Å². The van der Waals surface area contributed by atoms with E-state index < -0.39 is 12.7 Å². The molecular weight excluding hydrogens is 330 g/mol. The first-order chi connectivity index (χ1) is 8.24. The summed E-state index contributed by atoms with van der Waals surface area (Å²) in [5.41, 5.74) is 1.31. The van der Waals surface area contributed by atoms with Gasteiger partial charge in [-0.05, 0) is 31.5 Å². The molecule has 0 saturated heterocycles. The van der Waals surface area contributed by atoms with Crippen LogP contribution in [0.1, 0.15) is 19.4 Å². The van der Waals surface area contributed by atoms with Crippen LogP contribution in [0.5, 0.6) is 0 Å². The van der Waals surface area contributed by atoms with Crippen LogP contribution in [0.4, 0.5) is 18.9 Å². The number of halogens is 5. The molecule has 0 aliphatic heterocycles. The minimum absolute atomic E-state index is 0.261. The third-order valence-corrected chi connectivity index (χ3v) is 3.31. The summed E-state index contributed by atoms with van der Waals surface area (Å²) in [6.07, 6.45) is -4.24. The maximum absolute atomic E-state index is 12.6. The Bertz CT molecular complexity index is 407. The van der Waals surface area contributed by atoms with Crippen molar-refractivity contribution in [1.29, 1.82) is 0 Å². The van der Waals surface area contributed by atoms with Crippen LogP contribution in [0.25, 0.3) is 0 Å². The van der Waals surface area contributed by atoms with E-state index in [1.807, 2.05) is 0 Å². The minimum Gasteiger partial charge on any atom is -0.360 e. The van der Waals surface area contributed by atoms with E-state index in [4.69, 9.17) is 11.6 Å². The summed E-state index contributed by atoms with van der Waals surface area (Å²) in [6, 6.07) is 4.72. The van der Waals surface area contributed by atoms with Gasteiger partial charge in [0.15, 0.2) is 0 Å². The predicted molar refractivity (Wildman–Crippen MR) is 72.6 cm³/mol. The Balaban J connectivity index is 3.16. The Hall–Kier alpha value is -0.420. The molecule has 1 aromatic carbocycles. The summed E-state index contributed by atoms with van der Waals surface area (Å²) in [4.78, 5) is 1.31. The maximum Gasteiger partial charge on any atom is 0.405 e. The van der Waals surface area contributed by atoms with Crippen LogP contribution in [0.3, 0.4) is 0 Å². The zero-order chi connectivity index (χ0) is 13.9. The third-order valence-electron chi connectivity index (χ3n) is 2.47. The quantitative estimate of drug-likeness (QED) is 0.694. The van der Waals surface area contributed by atoms with Crippen LogP contribution in [-0.2, 0) is 5.33 Å². The summed E-state index contributed by atoms with van der Waals surface area (Å²) in [5, 5.41) is 0.920. The van der Waals surface area contributed by atoms with Crippen LogP contribution < -0.4 is 4.90 Å². The maximum atomic E-state index is 12.6. The molecule has 1 nitrogen and oxygen atoms in total. The summed E-state index contributed by atoms with van der Waals surface area (Å²) < 4.78 is 37.8. The first kappa shape index (κ1) is 15.6. The number of nitrogens with zero attached hydrogens (tertiary/aromatic N) is 1. The Labute approximate surface area is 118 Å². The molecule has 0 aliphatic carbocycles. The van der Waals surface area contributed by atoms with Gasteiger partial charge in [0.05, 0.1) is 0 Å². The van der Waals surface area contributed by atoms with Gasteiger partial charge in [0.1, 0.15) is 6.54 Å². The van der Waals surface area contributed by atoms with E-state index in [1.54, 1.807) is 32.0 Å². The fourth-order valence-electron chi connectivity index (χ4n) is 1.66. The molecule has 0 heterocycles. The monoisotopic (exact) mass is 343 g/mol. The van der Waals surface area contributed by atoms with Crippen molar-refractivity contribution in [3.8, 4) is 0 Å². The third kappa shape index (κ3) is 4.35. The average Bonchev–Trinajstić information content (AvgIpc) is 2.24. The molecule has 0 radical (unpaired) electrons. The van der Waals surface area contributed by atoms with Crippen molar-refractivity contribution >= 4 is 33.2 Å². The number of hydrogen-bond donors (Lipinski definition) is 0. The zero-order valence-electron chi connectivity index (χ0n) is 10.1. The number of hydrogen-bond acceptors (Lipinski definition) is 1. The number of alkyl halides is 4. The van der Waals surface area contributed by atoms with Crippen molar-refractivity contribution in [2.75, 3.05) is 11.4 Å². The molecular formula is C12H14BrClF3N. The molecule has 0 N–H and O–H groups in total. The average molecular weight is 345 g/mol. The van der Waals surface area contributed by atoms with Gasteiger partial charge in [-0.3, -0.25) is 0 Å². The van der Waals surface area contributed by atoms with E-state index in [2.05, 4.69) is 15.9 Å². The van der Waals surface area contributed by atoms with E-state index in [0.29, 0.717) is 16.0 Å². The molecule has 1 aromatic rings.